The Bertz CT molecular complexity index is 613. The number of aliphatic carboxylic acids is 1. The summed E-state index contributed by atoms with van der Waals surface area (Å²) in [6.45, 7) is 1.87. The lowest BCUT2D eigenvalue weighted by Gasteiger charge is -2.20. The maximum Gasteiger partial charge on any atom is 0.332 e. The van der Waals surface area contributed by atoms with Gasteiger partial charge in [0.2, 0.25) is 0 Å². The minimum atomic E-state index is -1.06. The second-order valence-corrected chi connectivity index (χ2v) is 5.15. The summed E-state index contributed by atoms with van der Waals surface area (Å²) >= 11 is 0. The second kappa shape index (κ2) is 4.33. The molecular formula is C14H14N2O4. The molecule has 2 saturated heterocycles. The van der Waals surface area contributed by atoms with E-state index in [1.54, 1.807) is 18.2 Å². The average Bonchev–Trinajstić information content (AvgIpc) is 2.91. The number of rotatable bonds is 2. The molecule has 0 unspecified atom stereocenters. The van der Waals surface area contributed by atoms with E-state index >= 15 is 0 Å². The van der Waals surface area contributed by atoms with Crippen molar-refractivity contribution in [3.63, 3.8) is 0 Å². The Hall–Kier alpha value is -2.37. The van der Waals surface area contributed by atoms with Crippen LogP contribution in [0.25, 0.3) is 0 Å². The van der Waals surface area contributed by atoms with Crippen molar-refractivity contribution in [2.75, 3.05) is 4.90 Å². The summed E-state index contributed by atoms with van der Waals surface area (Å²) < 4.78 is 0. The van der Waals surface area contributed by atoms with Crippen LogP contribution in [0.1, 0.15) is 18.4 Å². The smallest absolute Gasteiger partial charge is 0.332 e. The van der Waals surface area contributed by atoms with Crippen LogP contribution >= 0.6 is 0 Å². The van der Waals surface area contributed by atoms with Crippen molar-refractivity contribution >= 4 is 23.6 Å². The predicted molar refractivity (Wildman–Crippen MR) is 70.3 cm³/mol. The highest BCUT2D eigenvalue weighted by atomic mass is 16.4. The number of urea groups is 1. The Morgan fingerprint density at radius 2 is 2.05 bits per heavy atom. The van der Waals surface area contributed by atoms with Crippen molar-refractivity contribution in [3.8, 4) is 0 Å². The zero-order chi connectivity index (χ0) is 14.4. The highest BCUT2D eigenvalue weighted by molar-refractivity contribution is 6.22. The summed E-state index contributed by atoms with van der Waals surface area (Å²) in [5, 5.41) is 9.14. The van der Waals surface area contributed by atoms with Gasteiger partial charge >= 0.3 is 12.0 Å². The van der Waals surface area contributed by atoms with E-state index in [9.17, 15) is 14.4 Å². The molecule has 0 saturated carbocycles. The zero-order valence-corrected chi connectivity index (χ0v) is 10.9. The largest absolute Gasteiger partial charge is 0.480 e. The summed E-state index contributed by atoms with van der Waals surface area (Å²) in [4.78, 5) is 38.2. The monoisotopic (exact) mass is 274 g/mol. The Kier molecular flexibility index (Phi) is 2.74. The van der Waals surface area contributed by atoms with E-state index in [4.69, 9.17) is 5.11 Å². The number of imide groups is 1. The van der Waals surface area contributed by atoms with Crippen LogP contribution in [0.15, 0.2) is 24.3 Å². The molecule has 6 nitrogen and oxygen atoms in total. The number of hydrogen-bond acceptors (Lipinski definition) is 3. The fourth-order valence-corrected chi connectivity index (χ4v) is 2.93. The molecule has 0 aromatic heterocycles. The highest BCUT2D eigenvalue weighted by Crippen LogP contribution is 2.35. The molecule has 1 aromatic rings. The molecule has 0 bridgehead atoms. The number of carboxylic acids is 1. The number of nitrogens with zero attached hydrogens (tertiary/aromatic N) is 2. The first-order valence-electron chi connectivity index (χ1n) is 6.46. The van der Waals surface area contributed by atoms with E-state index in [-0.39, 0.29) is 5.91 Å². The highest BCUT2D eigenvalue weighted by Gasteiger charge is 2.54. The predicted octanol–water partition coefficient (Wildman–Crippen LogP) is 1.38. The van der Waals surface area contributed by atoms with Crippen LogP contribution in [-0.4, -0.2) is 40.0 Å². The third-order valence-corrected chi connectivity index (χ3v) is 3.85. The van der Waals surface area contributed by atoms with E-state index in [1.807, 2.05) is 13.0 Å². The Morgan fingerprint density at radius 3 is 2.70 bits per heavy atom. The van der Waals surface area contributed by atoms with Gasteiger partial charge in [-0.05, 0) is 37.5 Å². The van der Waals surface area contributed by atoms with Crippen LogP contribution in [0.3, 0.4) is 0 Å². The van der Waals surface area contributed by atoms with Crippen LogP contribution in [0, 0.1) is 6.92 Å². The summed E-state index contributed by atoms with van der Waals surface area (Å²) in [6.07, 6.45) is 0.739. The van der Waals surface area contributed by atoms with Gasteiger partial charge < -0.3 is 5.11 Å². The number of anilines is 1. The number of hydrogen-bond donors (Lipinski definition) is 1. The summed E-state index contributed by atoms with van der Waals surface area (Å²) in [6, 6.07) is 5.00. The van der Waals surface area contributed by atoms with Gasteiger partial charge in [-0.2, -0.15) is 0 Å². The third-order valence-electron chi connectivity index (χ3n) is 3.85. The number of carboxylic acid groups (broad SMARTS) is 1. The first-order chi connectivity index (χ1) is 9.50. The van der Waals surface area contributed by atoms with Crippen molar-refractivity contribution < 1.29 is 19.5 Å². The first kappa shape index (κ1) is 12.7. The molecule has 0 radical (unpaired) electrons. The molecule has 2 aliphatic rings. The van der Waals surface area contributed by atoms with Gasteiger partial charge in [0.05, 0.1) is 5.69 Å². The summed E-state index contributed by atoms with van der Waals surface area (Å²) in [5.41, 5.74) is 1.43. The number of aryl methyl sites for hydroxylation is 1. The fourth-order valence-electron chi connectivity index (χ4n) is 2.93. The quantitative estimate of drug-likeness (QED) is 0.826. The Morgan fingerprint density at radius 1 is 1.30 bits per heavy atom. The zero-order valence-electron chi connectivity index (χ0n) is 10.9. The van der Waals surface area contributed by atoms with Crippen LogP contribution in [0.2, 0.25) is 0 Å². The molecule has 3 rings (SSSR count). The van der Waals surface area contributed by atoms with E-state index in [0.717, 1.165) is 10.5 Å². The molecule has 6 heteroatoms. The molecular weight excluding hydrogens is 260 g/mol. The van der Waals surface area contributed by atoms with Crippen molar-refractivity contribution in [2.45, 2.75) is 31.8 Å². The molecule has 2 heterocycles. The summed E-state index contributed by atoms with van der Waals surface area (Å²) in [7, 11) is 0. The molecule has 0 aliphatic carbocycles. The SMILES string of the molecule is Cc1cccc(N2C(=O)[C@@H]3CC[C@H](C(=O)O)N3C2=O)c1. The van der Waals surface area contributed by atoms with Crippen LogP contribution in [0.4, 0.5) is 10.5 Å². The van der Waals surface area contributed by atoms with Crippen molar-refractivity contribution in [1.29, 1.82) is 0 Å². The molecule has 1 N–H and O–H groups in total. The van der Waals surface area contributed by atoms with E-state index in [1.165, 1.54) is 4.90 Å². The Labute approximate surface area is 115 Å². The minimum absolute atomic E-state index is 0.329. The normalized spacial score (nSPS) is 25.2. The van der Waals surface area contributed by atoms with Crippen LogP contribution in [0.5, 0.6) is 0 Å². The van der Waals surface area contributed by atoms with Gasteiger partial charge in [-0.25, -0.2) is 14.5 Å². The molecule has 104 valence electrons. The lowest BCUT2D eigenvalue weighted by Crippen LogP contribution is -2.42. The second-order valence-electron chi connectivity index (χ2n) is 5.15. The van der Waals surface area contributed by atoms with E-state index in [2.05, 4.69) is 0 Å². The van der Waals surface area contributed by atoms with Gasteiger partial charge in [0, 0.05) is 0 Å². The lowest BCUT2D eigenvalue weighted by molar-refractivity contribution is -0.141. The topological polar surface area (TPSA) is 77.9 Å². The van der Waals surface area contributed by atoms with Crippen LogP contribution < -0.4 is 4.90 Å². The van der Waals surface area contributed by atoms with Crippen LogP contribution in [-0.2, 0) is 9.59 Å². The van der Waals surface area contributed by atoms with E-state index in [0.29, 0.717) is 18.5 Å². The maximum atomic E-state index is 12.4. The Balaban J connectivity index is 1.98. The van der Waals surface area contributed by atoms with Gasteiger partial charge in [0.1, 0.15) is 12.1 Å². The average molecular weight is 274 g/mol. The number of carbonyl (C=O) groups excluding carboxylic acids is 2. The van der Waals surface area contributed by atoms with Gasteiger partial charge in [0.25, 0.3) is 5.91 Å². The molecule has 3 amide bonds. The molecule has 2 fully saturated rings. The maximum absolute atomic E-state index is 12.4. The molecule has 0 spiro atoms. The number of fused-ring (bicyclic) bond motifs is 1. The standard InChI is InChI=1S/C14H14N2O4/c1-8-3-2-4-9(7-8)15-12(17)10-5-6-11(13(18)19)16(10)14(15)20/h2-4,7,10-11H,5-6H2,1H3,(H,18,19)/t10-,11+/m0/s1. The molecule has 20 heavy (non-hydrogen) atoms. The van der Waals surface area contributed by atoms with Crippen molar-refractivity contribution in [2.24, 2.45) is 0 Å². The number of carbonyl (C=O) groups is 3. The van der Waals surface area contributed by atoms with Gasteiger partial charge in [-0.1, -0.05) is 12.1 Å². The molecule has 2 atom stereocenters. The van der Waals surface area contributed by atoms with Crippen molar-refractivity contribution in [3.05, 3.63) is 29.8 Å². The molecule has 2 aliphatic heterocycles. The number of benzene rings is 1. The first-order valence-corrected chi connectivity index (χ1v) is 6.46. The van der Waals surface area contributed by atoms with Crippen molar-refractivity contribution in [1.82, 2.24) is 4.90 Å². The van der Waals surface area contributed by atoms with Gasteiger partial charge in [-0.3, -0.25) is 9.69 Å². The fraction of sp³-hybridized carbons (Fsp3) is 0.357. The third kappa shape index (κ3) is 1.68. The van der Waals surface area contributed by atoms with Gasteiger partial charge in [0.15, 0.2) is 0 Å². The minimum Gasteiger partial charge on any atom is -0.480 e. The lowest BCUT2D eigenvalue weighted by atomic mass is 10.1. The van der Waals surface area contributed by atoms with Gasteiger partial charge in [-0.15, -0.1) is 0 Å². The number of amides is 3. The van der Waals surface area contributed by atoms with E-state index < -0.39 is 24.1 Å². The molecule has 1 aromatic carbocycles. The summed E-state index contributed by atoms with van der Waals surface area (Å²) in [5.74, 6) is -1.39.